The molecule has 3 heteroatoms. The van der Waals surface area contributed by atoms with Crippen molar-refractivity contribution in [1.82, 2.24) is 9.78 Å². The SMILES string of the molecule is Cc1c(N)c(-c2cccc3ccccc23)nn1C. The first-order valence-electron chi connectivity index (χ1n) is 5.95. The van der Waals surface area contributed by atoms with E-state index < -0.39 is 0 Å². The molecule has 0 fully saturated rings. The van der Waals surface area contributed by atoms with Gasteiger partial charge in [0.05, 0.1) is 11.4 Å². The van der Waals surface area contributed by atoms with Crippen LogP contribution in [0.2, 0.25) is 0 Å². The van der Waals surface area contributed by atoms with Gasteiger partial charge in [0, 0.05) is 12.6 Å². The van der Waals surface area contributed by atoms with Crippen LogP contribution in [0.4, 0.5) is 5.69 Å². The summed E-state index contributed by atoms with van der Waals surface area (Å²) >= 11 is 0. The van der Waals surface area contributed by atoms with Gasteiger partial charge in [-0.1, -0.05) is 42.5 Å². The Morgan fingerprint density at radius 2 is 1.78 bits per heavy atom. The van der Waals surface area contributed by atoms with Gasteiger partial charge in [-0.3, -0.25) is 4.68 Å². The molecule has 0 aliphatic carbocycles. The minimum atomic E-state index is 0.758. The van der Waals surface area contributed by atoms with Crippen LogP contribution in [0.3, 0.4) is 0 Å². The Bertz CT molecular complexity index is 720. The lowest BCUT2D eigenvalue weighted by Gasteiger charge is -2.04. The lowest BCUT2D eigenvalue weighted by molar-refractivity contribution is 0.743. The summed E-state index contributed by atoms with van der Waals surface area (Å²) in [6.07, 6.45) is 0. The number of anilines is 1. The van der Waals surface area contributed by atoms with Crippen molar-refractivity contribution in [3.63, 3.8) is 0 Å². The fourth-order valence-electron chi connectivity index (χ4n) is 2.26. The molecule has 0 radical (unpaired) electrons. The zero-order valence-corrected chi connectivity index (χ0v) is 10.5. The molecule has 3 nitrogen and oxygen atoms in total. The Hall–Kier alpha value is -2.29. The second kappa shape index (κ2) is 3.88. The number of aryl methyl sites for hydroxylation is 1. The largest absolute Gasteiger partial charge is 0.395 e. The van der Waals surface area contributed by atoms with E-state index in [4.69, 9.17) is 5.73 Å². The Balaban J connectivity index is 2.35. The lowest BCUT2D eigenvalue weighted by atomic mass is 10.0. The van der Waals surface area contributed by atoms with Crippen LogP contribution in [0.25, 0.3) is 22.0 Å². The van der Waals surface area contributed by atoms with E-state index in [-0.39, 0.29) is 0 Å². The number of aromatic nitrogens is 2. The molecular formula is C15H15N3. The third kappa shape index (κ3) is 1.48. The van der Waals surface area contributed by atoms with Crippen LogP contribution in [0.5, 0.6) is 0 Å². The highest BCUT2D eigenvalue weighted by molar-refractivity contribution is 5.98. The molecule has 0 unspecified atom stereocenters. The number of hydrogen-bond acceptors (Lipinski definition) is 2. The van der Waals surface area contributed by atoms with E-state index in [1.807, 2.05) is 36.9 Å². The van der Waals surface area contributed by atoms with Gasteiger partial charge in [-0.25, -0.2) is 0 Å². The molecule has 0 saturated carbocycles. The van der Waals surface area contributed by atoms with E-state index in [9.17, 15) is 0 Å². The van der Waals surface area contributed by atoms with Crippen molar-refractivity contribution < 1.29 is 0 Å². The predicted octanol–water partition coefficient (Wildman–Crippen LogP) is 3.13. The molecule has 3 rings (SSSR count). The normalized spacial score (nSPS) is 11.0. The van der Waals surface area contributed by atoms with E-state index in [1.54, 1.807) is 0 Å². The van der Waals surface area contributed by atoms with Gasteiger partial charge in [-0.2, -0.15) is 5.10 Å². The molecule has 0 aliphatic heterocycles. The minimum absolute atomic E-state index is 0.758. The van der Waals surface area contributed by atoms with Gasteiger partial charge in [-0.05, 0) is 17.7 Å². The molecule has 0 spiro atoms. The Morgan fingerprint density at radius 3 is 2.50 bits per heavy atom. The van der Waals surface area contributed by atoms with Crippen LogP contribution in [-0.2, 0) is 7.05 Å². The molecule has 18 heavy (non-hydrogen) atoms. The second-order valence-corrected chi connectivity index (χ2v) is 4.50. The van der Waals surface area contributed by atoms with Crippen molar-refractivity contribution in [2.75, 3.05) is 5.73 Å². The molecule has 2 N–H and O–H groups in total. The lowest BCUT2D eigenvalue weighted by Crippen LogP contribution is -1.93. The Labute approximate surface area is 106 Å². The maximum Gasteiger partial charge on any atom is 0.116 e. The smallest absolute Gasteiger partial charge is 0.116 e. The summed E-state index contributed by atoms with van der Waals surface area (Å²) in [5.41, 5.74) is 9.86. The Kier molecular flexibility index (Phi) is 2.33. The molecule has 0 atom stereocenters. The molecule has 90 valence electrons. The van der Waals surface area contributed by atoms with Crippen LogP contribution in [0, 0.1) is 6.92 Å². The van der Waals surface area contributed by atoms with Crippen LogP contribution in [0.15, 0.2) is 42.5 Å². The third-order valence-corrected chi connectivity index (χ3v) is 3.43. The highest BCUT2D eigenvalue weighted by atomic mass is 15.3. The first-order valence-corrected chi connectivity index (χ1v) is 5.95. The fraction of sp³-hybridized carbons (Fsp3) is 0.133. The summed E-state index contributed by atoms with van der Waals surface area (Å²) in [6, 6.07) is 14.5. The summed E-state index contributed by atoms with van der Waals surface area (Å²) in [6.45, 7) is 1.98. The van der Waals surface area contributed by atoms with Crippen molar-refractivity contribution in [3.8, 4) is 11.3 Å². The highest BCUT2D eigenvalue weighted by Gasteiger charge is 2.13. The number of rotatable bonds is 1. The number of nitrogens with zero attached hydrogens (tertiary/aromatic N) is 2. The van der Waals surface area contributed by atoms with Crippen molar-refractivity contribution in [3.05, 3.63) is 48.2 Å². The van der Waals surface area contributed by atoms with Gasteiger partial charge < -0.3 is 5.73 Å². The van der Waals surface area contributed by atoms with Crippen molar-refractivity contribution in [2.24, 2.45) is 7.05 Å². The molecule has 0 bridgehead atoms. The standard InChI is InChI=1S/C15H15N3/c1-10-14(16)15(17-18(10)2)13-9-5-7-11-6-3-4-8-12(11)13/h3-9H,16H2,1-2H3. The number of benzene rings is 2. The molecule has 0 saturated heterocycles. The van der Waals surface area contributed by atoms with Gasteiger partial charge in [0.2, 0.25) is 0 Å². The number of nitrogen functional groups attached to an aromatic ring is 1. The molecular weight excluding hydrogens is 222 g/mol. The van der Waals surface area contributed by atoms with Gasteiger partial charge in [0.25, 0.3) is 0 Å². The average molecular weight is 237 g/mol. The van der Waals surface area contributed by atoms with Crippen LogP contribution < -0.4 is 5.73 Å². The molecule has 2 aromatic carbocycles. The zero-order valence-electron chi connectivity index (χ0n) is 10.5. The maximum absolute atomic E-state index is 6.14. The van der Waals surface area contributed by atoms with Crippen molar-refractivity contribution >= 4 is 16.5 Å². The number of nitrogens with two attached hydrogens (primary N) is 1. The quantitative estimate of drug-likeness (QED) is 0.706. The second-order valence-electron chi connectivity index (χ2n) is 4.50. The molecule has 1 aromatic heterocycles. The van der Waals surface area contributed by atoms with E-state index in [0.717, 1.165) is 22.6 Å². The van der Waals surface area contributed by atoms with Gasteiger partial charge in [-0.15, -0.1) is 0 Å². The van der Waals surface area contributed by atoms with E-state index in [1.165, 1.54) is 10.8 Å². The average Bonchev–Trinajstić information content (AvgIpc) is 2.66. The van der Waals surface area contributed by atoms with E-state index in [0.29, 0.717) is 0 Å². The fourth-order valence-corrected chi connectivity index (χ4v) is 2.26. The minimum Gasteiger partial charge on any atom is -0.395 e. The summed E-state index contributed by atoms with van der Waals surface area (Å²) in [5.74, 6) is 0. The van der Waals surface area contributed by atoms with Gasteiger partial charge >= 0.3 is 0 Å². The third-order valence-electron chi connectivity index (χ3n) is 3.43. The van der Waals surface area contributed by atoms with Gasteiger partial charge in [0.1, 0.15) is 5.69 Å². The van der Waals surface area contributed by atoms with Crippen LogP contribution in [-0.4, -0.2) is 9.78 Å². The summed E-state index contributed by atoms with van der Waals surface area (Å²) in [7, 11) is 1.92. The summed E-state index contributed by atoms with van der Waals surface area (Å²) in [4.78, 5) is 0. The summed E-state index contributed by atoms with van der Waals surface area (Å²) in [5, 5.41) is 6.91. The van der Waals surface area contributed by atoms with Crippen molar-refractivity contribution in [1.29, 1.82) is 0 Å². The zero-order chi connectivity index (χ0) is 12.7. The molecule has 3 aromatic rings. The van der Waals surface area contributed by atoms with Crippen LogP contribution in [0.1, 0.15) is 5.69 Å². The molecule has 0 aliphatic rings. The highest BCUT2D eigenvalue weighted by Crippen LogP contribution is 2.32. The number of fused-ring (bicyclic) bond motifs is 1. The molecule has 0 amide bonds. The number of hydrogen-bond donors (Lipinski definition) is 1. The van der Waals surface area contributed by atoms with Gasteiger partial charge in [0.15, 0.2) is 0 Å². The van der Waals surface area contributed by atoms with E-state index >= 15 is 0 Å². The first kappa shape index (κ1) is 10.8. The van der Waals surface area contributed by atoms with Crippen LogP contribution >= 0.6 is 0 Å². The predicted molar refractivity (Wildman–Crippen MR) is 75.3 cm³/mol. The van der Waals surface area contributed by atoms with Crippen molar-refractivity contribution in [2.45, 2.75) is 6.92 Å². The topological polar surface area (TPSA) is 43.8 Å². The maximum atomic E-state index is 6.14. The monoisotopic (exact) mass is 237 g/mol. The summed E-state index contributed by atoms with van der Waals surface area (Å²) < 4.78 is 1.83. The first-order chi connectivity index (χ1) is 8.68. The van der Waals surface area contributed by atoms with E-state index in [2.05, 4.69) is 29.4 Å². The molecule has 1 heterocycles. The Morgan fingerprint density at radius 1 is 1.06 bits per heavy atom.